The van der Waals surface area contributed by atoms with Crippen molar-refractivity contribution in [3.8, 4) is 5.75 Å². The van der Waals surface area contributed by atoms with E-state index in [2.05, 4.69) is 44.5 Å². The van der Waals surface area contributed by atoms with E-state index in [-0.39, 0.29) is 16.9 Å². The Morgan fingerprint density at radius 1 is 1.14 bits per heavy atom. The lowest BCUT2D eigenvalue weighted by molar-refractivity contribution is 0.0375. The van der Waals surface area contributed by atoms with Gasteiger partial charge in [-0.05, 0) is 69.9 Å². The topological polar surface area (TPSA) is 132 Å². The Labute approximate surface area is 211 Å². The van der Waals surface area contributed by atoms with Crippen LogP contribution in [0.5, 0.6) is 5.75 Å². The molecule has 0 saturated heterocycles. The van der Waals surface area contributed by atoms with Crippen molar-refractivity contribution in [3.05, 3.63) is 23.8 Å². The highest BCUT2D eigenvalue weighted by Crippen LogP contribution is 2.37. The Balaban J connectivity index is 3.00. The SMILES string of the molecule is CCC(NC(=O)OC(C)(C)C)C(OC(N)=O)c1ccc(NC[C@@H](C)O[Si](C)(C)C(C)(C)C)c(O)c1. The van der Waals surface area contributed by atoms with Gasteiger partial charge in [-0.1, -0.05) is 33.8 Å². The van der Waals surface area contributed by atoms with E-state index < -0.39 is 38.3 Å². The second-order valence-electron chi connectivity index (χ2n) is 11.4. The van der Waals surface area contributed by atoms with E-state index in [1.165, 1.54) is 6.07 Å². The zero-order chi connectivity index (χ0) is 27.2. The van der Waals surface area contributed by atoms with Crippen molar-refractivity contribution in [3.63, 3.8) is 0 Å². The highest BCUT2D eigenvalue weighted by molar-refractivity contribution is 6.74. The molecule has 200 valence electrons. The first kappa shape index (κ1) is 30.6. The van der Waals surface area contributed by atoms with E-state index in [1.54, 1.807) is 32.9 Å². The number of aromatic hydroxyl groups is 1. The van der Waals surface area contributed by atoms with Gasteiger partial charge in [0.05, 0.1) is 17.8 Å². The summed E-state index contributed by atoms with van der Waals surface area (Å²) in [5, 5.41) is 16.7. The molecule has 0 fully saturated rings. The minimum absolute atomic E-state index is 0.0211. The lowest BCUT2D eigenvalue weighted by atomic mass is 9.99. The van der Waals surface area contributed by atoms with Gasteiger partial charge in [0.2, 0.25) is 0 Å². The highest BCUT2D eigenvalue weighted by atomic mass is 28.4. The number of nitrogens with two attached hydrogens (primary N) is 1. The second-order valence-corrected chi connectivity index (χ2v) is 16.1. The fraction of sp³-hybridized carbons (Fsp3) is 0.680. The third-order valence-electron chi connectivity index (χ3n) is 5.98. The van der Waals surface area contributed by atoms with Crippen LogP contribution < -0.4 is 16.4 Å². The van der Waals surface area contributed by atoms with Crippen LogP contribution in [0.1, 0.15) is 73.5 Å². The molecule has 3 atom stereocenters. The Kier molecular flexibility index (Phi) is 10.5. The number of nitrogens with one attached hydrogen (secondary N) is 2. The van der Waals surface area contributed by atoms with Gasteiger partial charge in [0.1, 0.15) is 17.5 Å². The molecule has 0 aliphatic rings. The molecule has 10 heteroatoms. The molecule has 0 bridgehead atoms. The zero-order valence-corrected chi connectivity index (χ0v) is 23.9. The van der Waals surface area contributed by atoms with Crippen molar-refractivity contribution in [2.45, 2.75) is 104 Å². The van der Waals surface area contributed by atoms with Crippen molar-refractivity contribution in [1.82, 2.24) is 5.32 Å². The number of amides is 2. The molecule has 0 aliphatic heterocycles. The molecule has 0 spiro atoms. The molecule has 1 aromatic rings. The Morgan fingerprint density at radius 2 is 1.74 bits per heavy atom. The zero-order valence-electron chi connectivity index (χ0n) is 22.9. The maximum atomic E-state index is 12.3. The van der Waals surface area contributed by atoms with Crippen LogP contribution in [0.2, 0.25) is 18.1 Å². The molecule has 2 amide bonds. The van der Waals surface area contributed by atoms with Crippen molar-refractivity contribution < 1.29 is 28.6 Å². The normalized spacial score (nSPS) is 15.0. The predicted octanol–water partition coefficient (Wildman–Crippen LogP) is 5.65. The van der Waals surface area contributed by atoms with Crippen LogP contribution in [0.25, 0.3) is 0 Å². The van der Waals surface area contributed by atoms with Crippen LogP contribution >= 0.6 is 0 Å². The summed E-state index contributed by atoms with van der Waals surface area (Å²) >= 11 is 0. The molecule has 35 heavy (non-hydrogen) atoms. The van der Waals surface area contributed by atoms with Crippen LogP contribution in [0.15, 0.2) is 18.2 Å². The maximum Gasteiger partial charge on any atom is 0.408 e. The summed E-state index contributed by atoms with van der Waals surface area (Å²) in [6.45, 7) is 20.6. The summed E-state index contributed by atoms with van der Waals surface area (Å²) in [5.41, 5.74) is 5.62. The fourth-order valence-electron chi connectivity index (χ4n) is 3.21. The number of carbonyl (C=O) groups is 2. The van der Waals surface area contributed by atoms with Gasteiger partial charge in [0, 0.05) is 6.54 Å². The molecule has 1 aromatic carbocycles. The molecular formula is C25H45N3O6Si. The number of carbonyl (C=O) groups excluding carboxylic acids is 2. The van der Waals surface area contributed by atoms with Crippen molar-refractivity contribution in [2.75, 3.05) is 11.9 Å². The third-order valence-corrected chi connectivity index (χ3v) is 10.6. The van der Waals surface area contributed by atoms with Crippen molar-refractivity contribution >= 4 is 26.2 Å². The van der Waals surface area contributed by atoms with Gasteiger partial charge in [0.25, 0.3) is 0 Å². The molecular weight excluding hydrogens is 466 g/mol. The van der Waals surface area contributed by atoms with E-state index in [1.807, 2.05) is 13.8 Å². The average molecular weight is 512 g/mol. The van der Waals surface area contributed by atoms with Gasteiger partial charge in [-0.2, -0.15) is 0 Å². The summed E-state index contributed by atoms with van der Waals surface area (Å²) in [5.74, 6) is -0.0211. The standard InChI is InChI=1S/C25H45N3O6Si/c1-11-18(28-23(31)33-24(3,4)5)21(32-22(26)30)17-12-13-19(20(29)14-17)27-15-16(2)34-35(9,10)25(6,7)8/h12-14,16,18,21,27,29H,11,15H2,1-10H3,(H2,26,30)(H,28,31)/t16-,18?,21?/m1/s1. The summed E-state index contributed by atoms with van der Waals surface area (Å²) in [6, 6.07) is 4.29. The van der Waals surface area contributed by atoms with Gasteiger partial charge in [0.15, 0.2) is 8.32 Å². The van der Waals surface area contributed by atoms with E-state index in [0.717, 1.165) is 0 Å². The molecule has 0 heterocycles. The summed E-state index contributed by atoms with van der Waals surface area (Å²) < 4.78 is 17.0. The van der Waals surface area contributed by atoms with Gasteiger partial charge in [-0.15, -0.1) is 0 Å². The summed E-state index contributed by atoms with van der Waals surface area (Å²) in [7, 11) is -1.91. The number of primary amides is 1. The van der Waals surface area contributed by atoms with E-state index >= 15 is 0 Å². The molecule has 9 nitrogen and oxygen atoms in total. The molecule has 0 saturated carbocycles. The molecule has 0 radical (unpaired) electrons. The molecule has 5 N–H and O–H groups in total. The minimum Gasteiger partial charge on any atom is -0.506 e. The molecule has 0 aliphatic carbocycles. The summed E-state index contributed by atoms with van der Waals surface area (Å²) in [6.07, 6.45) is -2.16. The fourth-order valence-corrected chi connectivity index (χ4v) is 4.65. The first-order valence-corrected chi connectivity index (χ1v) is 15.0. The predicted molar refractivity (Wildman–Crippen MR) is 141 cm³/mol. The number of hydrogen-bond acceptors (Lipinski definition) is 7. The number of rotatable bonds is 10. The number of phenols is 1. The molecule has 1 rings (SSSR count). The van der Waals surface area contributed by atoms with Gasteiger partial charge in [-0.25, -0.2) is 9.59 Å². The quantitative estimate of drug-likeness (QED) is 0.235. The first-order valence-electron chi connectivity index (χ1n) is 12.1. The van der Waals surface area contributed by atoms with Crippen molar-refractivity contribution in [2.24, 2.45) is 5.73 Å². The maximum absolute atomic E-state index is 12.3. The van der Waals surface area contributed by atoms with Gasteiger partial charge < -0.3 is 35.4 Å². The summed E-state index contributed by atoms with van der Waals surface area (Å²) in [4.78, 5) is 23.9. The Morgan fingerprint density at radius 3 is 2.20 bits per heavy atom. The van der Waals surface area contributed by atoms with Crippen LogP contribution in [-0.4, -0.2) is 49.9 Å². The number of alkyl carbamates (subject to hydrolysis) is 1. The lowest BCUT2D eigenvalue weighted by Crippen LogP contribution is -2.44. The van der Waals surface area contributed by atoms with E-state index in [0.29, 0.717) is 24.2 Å². The molecule has 0 aromatic heterocycles. The largest absolute Gasteiger partial charge is 0.506 e. The number of hydrogen-bond donors (Lipinski definition) is 4. The molecule has 2 unspecified atom stereocenters. The Hall–Kier alpha value is -2.46. The number of anilines is 1. The monoisotopic (exact) mass is 511 g/mol. The van der Waals surface area contributed by atoms with Crippen molar-refractivity contribution in [1.29, 1.82) is 0 Å². The van der Waals surface area contributed by atoms with Gasteiger partial charge >= 0.3 is 12.2 Å². The smallest absolute Gasteiger partial charge is 0.408 e. The van der Waals surface area contributed by atoms with E-state index in [9.17, 15) is 14.7 Å². The van der Waals surface area contributed by atoms with Gasteiger partial charge in [-0.3, -0.25) is 0 Å². The van der Waals surface area contributed by atoms with Crippen LogP contribution in [0.4, 0.5) is 15.3 Å². The van der Waals surface area contributed by atoms with Crippen LogP contribution in [0, 0.1) is 0 Å². The first-order chi connectivity index (χ1) is 15.9. The Bertz CT molecular complexity index is 864. The van der Waals surface area contributed by atoms with Crippen LogP contribution in [-0.2, 0) is 13.9 Å². The number of benzene rings is 1. The van der Waals surface area contributed by atoms with E-state index in [4.69, 9.17) is 19.6 Å². The number of phenolic OH excluding ortho intramolecular Hbond substituents is 1. The minimum atomic E-state index is -1.91. The third kappa shape index (κ3) is 9.97. The van der Waals surface area contributed by atoms with Crippen LogP contribution in [0.3, 0.4) is 0 Å². The highest BCUT2D eigenvalue weighted by Gasteiger charge is 2.38. The second kappa shape index (κ2) is 12.0. The number of ether oxygens (including phenoxy) is 2. The lowest BCUT2D eigenvalue weighted by Gasteiger charge is -2.38. The average Bonchev–Trinajstić information content (AvgIpc) is 2.66.